The molecule has 1 fully saturated rings. The summed E-state index contributed by atoms with van der Waals surface area (Å²) in [5.74, 6) is 0.175. The highest BCUT2D eigenvalue weighted by Gasteiger charge is 2.37. The third-order valence-electron chi connectivity index (χ3n) is 3.04. The van der Waals surface area contributed by atoms with Crippen molar-refractivity contribution in [1.29, 1.82) is 0 Å². The van der Waals surface area contributed by atoms with E-state index >= 15 is 0 Å². The molecule has 0 atom stereocenters. The average Bonchev–Trinajstić information content (AvgIpc) is 2.96. The van der Waals surface area contributed by atoms with Crippen molar-refractivity contribution in [2.24, 2.45) is 0 Å². The average molecular weight is 278 g/mol. The molecule has 104 valence electrons. The molecule has 2 aromatic heterocycles. The second-order valence-electron chi connectivity index (χ2n) is 4.48. The maximum absolute atomic E-state index is 12.0. The summed E-state index contributed by atoms with van der Waals surface area (Å²) in [6, 6.07) is 2.45. The van der Waals surface area contributed by atoms with Gasteiger partial charge >= 0.3 is 5.88 Å². The number of aromatic nitrogens is 2. The Morgan fingerprint density at radius 2 is 2.25 bits per heavy atom. The van der Waals surface area contributed by atoms with Crippen LogP contribution in [0, 0.1) is 17.0 Å². The van der Waals surface area contributed by atoms with E-state index < -0.39 is 10.8 Å². The normalized spacial score (nSPS) is 15.2. The first-order chi connectivity index (χ1) is 9.54. The van der Waals surface area contributed by atoms with Gasteiger partial charge in [0.15, 0.2) is 11.6 Å². The lowest BCUT2D eigenvalue weighted by Gasteiger charge is -2.36. The molecule has 0 aliphatic carbocycles. The first-order valence-electron chi connectivity index (χ1n) is 5.88. The number of hydrogen-bond acceptors (Lipinski definition) is 7. The van der Waals surface area contributed by atoms with Gasteiger partial charge in [-0.2, -0.15) is 4.98 Å². The van der Waals surface area contributed by atoms with Crippen molar-refractivity contribution in [3.05, 3.63) is 39.7 Å². The first kappa shape index (κ1) is 12.3. The highest BCUT2D eigenvalue weighted by molar-refractivity contribution is 5.92. The molecule has 9 heteroatoms. The van der Waals surface area contributed by atoms with Gasteiger partial charge in [0.2, 0.25) is 5.89 Å². The van der Waals surface area contributed by atoms with Crippen LogP contribution < -0.4 is 0 Å². The topological polar surface area (TPSA) is 116 Å². The van der Waals surface area contributed by atoms with Crippen LogP contribution in [-0.2, 0) is 0 Å². The molecule has 1 amide bonds. The number of carbonyl (C=O) groups excluding carboxylic acids is 1. The molecule has 3 heterocycles. The highest BCUT2D eigenvalue weighted by Crippen LogP contribution is 2.28. The molecule has 1 aliphatic rings. The Morgan fingerprint density at radius 1 is 1.50 bits per heavy atom. The number of likely N-dealkylation sites (tertiary alicyclic amines) is 1. The highest BCUT2D eigenvalue weighted by atomic mass is 16.6. The van der Waals surface area contributed by atoms with Gasteiger partial charge in [0.1, 0.15) is 4.92 Å². The molecule has 20 heavy (non-hydrogen) atoms. The molecule has 0 bridgehead atoms. The fraction of sp³-hybridized carbons (Fsp3) is 0.364. The number of aryl methyl sites for hydroxylation is 1. The van der Waals surface area contributed by atoms with E-state index in [-0.39, 0.29) is 17.6 Å². The Kier molecular flexibility index (Phi) is 2.74. The van der Waals surface area contributed by atoms with E-state index in [1.54, 1.807) is 6.92 Å². The van der Waals surface area contributed by atoms with Crippen LogP contribution >= 0.6 is 0 Å². The van der Waals surface area contributed by atoms with Crippen molar-refractivity contribution in [3.8, 4) is 0 Å². The van der Waals surface area contributed by atoms with Crippen LogP contribution in [0.5, 0.6) is 0 Å². The predicted octanol–water partition coefficient (Wildman–Crippen LogP) is 1.12. The van der Waals surface area contributed by atoms with Crippen LogP contribution in [-0.4, -0.2) is 39.0 Å². The van der Waals surface area contributed by atoms with Crippen molar-refractivity contribution in [2.75, 3.05) is 13.1 Å². The maximum Gasteiger partial charge on any atom is 0.433 e. The molecule has 3 rings (SSSR count). The standard InChI is InChI=1S/C11H10N4O5/c1-6-12-10(20-13-6)7-4-14(5-7)11(16)8-2-3-9(19-8)15(17)18/h2-3,7H,4-5H2,1H3. The summed E-state index contributed by atoms with van der Waals surface area (Å²) >= 11 is 0. The van der Waals surface area contributed by atoms with Crippen LogP contribution in [0.15, 0.2) is 21.1 Å². The minimum absolute atomic E-state index is 0.00472. The van der Waals surface area contributed by atoms with E-state index in [0.29, 0.717) is 24.8 Å². The second kappa shape index (κ2) is 4.44. The minimum Gasteiger partial charge on any atom is -0.395 e. The number of hydrogen-bond donors (Lipinski definition) is 0. The van der Waals surface area contributed by atoms with Crippen LogP contribution in [0.3, 0.4) is 0 Å². The van der Waals surface area contributed by atoms with Crippen LogP contribution in [0.1, 0.15) is 28.2 Å². The SMILES string of the molecule is Cc1noc(C2CN(C(=O)c3ccc([N+](=O)[O-])o3)C2)n1. The monoisotopic (exact) mass is 278 g/mol. The quantitative estimate of drug-likeness (QED) is 0.610. The molecule has 1 aliphatic heterocycles. The molecule has 2 aromatic rings. The number of nitro groups is 1. The van der Waals surface area contributed by atoms with Gasteiger partial charge in [0.25, 0.3) is 5.91 Å². The summed E-state index contributed by atoms with van der Waals surface area (Å²) in [6.07, 6.45) is 0. The van der Waals surface area contributed by atoms with Crippen molar-refractivity contribution in [1.82, 2.24) is 15.0 Å². The van der Waals surface area contributed by atoms with E-state index in [9.17, 15) is 14.9 Å². The van der Waals surface area contributed by atoms with E-state index in [1.165, 1.54) is 11.0 Å². The summed E-state index contributed by atoms with van der Waals surface area (Å²) < 4.78 is 9.89. The summed E-state index contributed by atoms with van der Waals surface area (Å²) in [5, 5.41) is 14.2. The minimum atomic E-state index is -0.684. The number of rotatable bonds is 3. The molecular formula is C11H10N4O5. The Morgan fingerprint density at radius 3 is 2.80 bits per heavy atom. The van der Waals surface area contributed by atoms with Gasteiger partial charge < -0.3 is 13.8 Å². The number of amides is 1. The third-order valence-corrected chi connectivity index (χ3v) is 3.04. The zero-order chi connectivity index (χ0) is 14.3. The zero-order valence-electron chi connectivity index (χ0n) is 10.5. The van der Waals surface area contributed by atoms with Gasteiger partial charge in [0.05, 0.1) is 12.0 Å². The van der Waals surface area contributed by atoms with Crippen LogP contribution in [0.25, 0.3) is 0 Å². The lowest BCUT2D eigenvalue weighted by molar-refractivity contribution is -0.402. The van der Waals surface area contributed by atoms with Crippen molar-refractivity contribution >= 4 is 11.8 Å². The predicted molar refractivity (Wildman–Crippen MR) is 63.0 cm³/mol. The molecule has 0 aromatic carbocycles. The fourth-order valence-corrected chi connectivity index (χ4v) is 1.98. The van der Waals surface area contributed by atoms with Gasteiger partial charge in [-0.3, -0.25) is 14.9 Å². The van der Waals surface area contributed by atoms with E-state index in [0.717, 1.165) is 6.07 Å². The van der Waals surface area contributed by atoms with E-state index in [1.807, 2.05) is 0 Å². The van der Waals surface area contributed by atoms with Gasteiger partial charge in [-0.25, -0.2) is 0 Å². The first-order valence-corrected chi connectivity index (χ1v) is 5.88. The van der Waals surface area contributed by atoms with E-state index in [4.69, 9.17) is 8.94 Å². The van der Waals surface area contributed by atoms with Crippen LogP contribution in [0.2, 0.25) is 0 Å². The Hall–Kier alpha value is -2.71. The smallest absolute Gasteiger partial charge is 0.395 e. The molecule has 0 unspecified atom stereocenters. The largest absolute Gasteiger partial charge is 0.433 e. The molecular weight excluding hydrogens is 268 g/mol. The molecule has 0 spiro atoms. The Labute approximate surface area is 112 Å². The summed E-state index contributed by atoms with van der Waals surface area (Å²) in [7, 11) is 0. The maximum atomic E-state index is 12.0. The Bertz CT molecular complexity index is 670. The number of furan rings is 1. The molecule has 1 saturated heterocycles. The summed E-state index contributed by atoms with van der Waals surface area (Å²) in [4.78, 5) is 27.4. The lowest BCUT2D eigenvalue weighted by atomic mass is 10.00. The van der Waals surface area contributed by atoms with Gasteiger partial charge in [0, 0.05) is 13.1 Å². The fourth-order valence-electron chi connectivity index (χ4n) is 1.98. The summed E-state index contributed by atoms with van der Waals surface area (Å²) in [5.41, 5.74) is 0. The van der Waals surface area contributed by atoms with Gasteiger partial charge in [-0.1, -0.05) is 5.16 Å². The van der Waals surface area contributed by atoms with E-state index in [2.05, 4.69) is 10.1 Å². The van der Waals surface area contributed by atoms with Crippen molar-refractivity contribution in [2.45, 2.75) is 12.8 Å². The summed E-state index contributed by atoms with van der Waals surface area (Å²) in [6.45, 7) is 2.57. The number of nitrogens with zero attached hydrogens (tertiary/aromatic N) is 4. The van der Waals surface area contributed by atoms with Crippen molar-refractivity contribution < 1.29 is 18.7 Å². The van der Waals surface area contributed by atoms with Gasteiger partial charge in [-0.15, -0.1) is 0 Å². The molecule has 9 nitrogen and oxygen atoms in total. The molecule has 0 saturated carbocycles. The van der Waals surface area contributed by atoms with Crippen LogP contribution in [0.4, 0.5) is 5.88 Å². The zero-order valence-corrected chi connectivity index (χ0v) is 10.5. The lowest BCUT2D eigenvalue weighted by Crippen LogP contribution is -2.48. The second-order valence-corrected chi connectivity index (χ2v) is 4.48. The Balaban J connectivity index is 1.64. The third kappa shape index (κ3) is 2.02. The number of carbonyl (C=O) groups is 1. The van der Waals surface area contributed by atoms with Crippen molar-refractivity contribution in [3.63, 3.8) is 0 Å². The van der Waals surface area contributed by atoms with Gasteiger partial charge in [-0.05, 0) is 13.0 Å². The molecule has 0 N–H and O–H groups in total. The molecule has 0 radical (unpaired) electrons.